The van der Waals surface area contributed by atoms with Crippen LogP contribution in [0, 0.1) is 10.1 Å². The van der Waals surface area contributed by atoms with Crippen LogP contribution in [0.2, 0.25) is 5.02 Å². The normalized spacial score (nSPS) is 12.2. The second kappa shape index (κ2) is 6.45. The molecular formula is C12H17ClN2O2. The maximum Gasteiger partial charge on any atom is 0.293 e. The summed E-state index contributed by atoms with van der Waals surface area (Å²) in [6.07, 6.45) is 3.17. The van der Waals surface area contributed by atoms with Gasteiger partial charge in [0.25, 0.3) is 5.69 Å². The van der Waals surface area contributed by atoms with Gasteiger partial charge in [-0.05, 0) is 19.4 Å². The quantitative estimate of drug-likeness (QED) is 0.612. The molecule has 0 spiro atoms. The first-order valence-corrected chi connectivity index (χ1v) is 6.13. The molecule has 0 aromatic heterocycles. The zero-order valence-electron chi connectivity index (χ0n) is 10.1. The van der Waals surface area contributed by atoms with E-state index < -0.39 is 4.92 Å². The van der Waals surface area contributed by atoms with Gasteiger partial charge >= 0.3 is 0 Å². The first-order chi connectivity index (χ1) is 8.06. The van der Waals surface area contributed by atoms with Gasteiger partial charge in [-0.2, -0.15) is 0 Å². The van der Waals surface area contributed by atoms with E-state index in [9.17, 15) is 10.1 Å². The van der Waals surface area contributed by atoms with Gasteiger partial charge in [-0.25, -0.2) is 0 Å². The maximum absolute atomic E-state index is 10.9. The van der Waals surface area contributed by atoms with Crippen molar-refractivity contribution in [3.63, 3.8) is 0 Å². The third-order valence-corrected chi connectivity index (χ3v) is 2.88. The molecule has 1 atom stereocenters. The van der Waals surface area contributed by atoms with Crippen LogP contribution in [0.15, 0.2) is 18.2 Å². The van der Waals surface area contributed by atoms with E-state index in [0.29, 0.717) is 10.7 Å². The van der Waals surface area contributed by atoms with Crippen LogP contribution in [0.3, 0.4) is 0 Å². The summed E-state index contributed by atoms with van der Waals surface area (Å²) >= 11 is 5.98. The Bertz CT molecular complexity index is 396. The number of nitrogens with zero attached hydrogens (tertiary/aromatic N) is 1. The molecule has 0 amide bonds. The number of unbranched alkanes of at least 4 members (excludes halogenated alkanes) is 1. The van der Waals surface area contributed by atoms with Crippen molar-refractivity contribution >= 4 is 23.0 Å². The van der Waals surface area contributed by atoms with Gasteiger partial charge in [-0.1, -0.05) is 37.4 Å². The minimum Gasteiger partial charge on any atom is -0.376 e. The van der Waals surface area contributed by atoms with E-state index in [1.165, 1.54) is 6.07 Å². The molecule has 0 saturated carbocycles. The van der Waals surface area contributed by atoms with Gasteiger partial charge in [0.2, 0.25) is 0 Å². The lowest BCUT2D eigenvalue weighted by molar-refractivity contribution is -0.384. The van der Waals surface area contributed by atoms with E-state index in [2.05, 4.69) is 12.2 Å². The minimum atomic E-state index is -0.416. The number of anilines is 1. The summed E-state index contributed by atoms with van der Waals surface area (Å²) in [6.45, 7) is 4.12. The predicted octanol–water partition coefficient (Wildman–Crippen LogP) is 4.24. The third-order valence-electron chi connectivity index (χ3n) is 2.57. The zero-order valence-corrected chi connectivity index (χ0v) is 10.8. The van der Waals surface area contributed by atoms with Crippen LogP contribution in [0.25, 0.3) is 0 Å². The van der Waals surface area contributed by atoms with Crippen molar-refractivity contribution < 1.29 is 4.92 Å². The van der Waals surface area contributed by atoms with Crippen molar-refractivity contribution in [2.45, 2.75) is 39.2 Å². The molecule has 94 valence electrons. The van der Waals surface area contributed by atoms with Crippen LogP contribution in [0.5, 0.6) is 0 Å². The molecule has 1 rings (SSSR count). The largest absolute Gasteiger partial charge is 0.376 e. The molecule has 0 heterocycles. The number of nitrogens with one attached hydrogen (secondary N) is 1. The molecule has 1 aromatic rings. The second-order valence-electron chi connectivity index (χ2n) is 4.08. The summed E-state index contributed by atoms with van der Waals surface area (Å²) < 4.78 is 0. The molecule has 0 saturated heterocycles. The molecule has 0 radical (unpaired) electrons. The van der Waals surface area contributed by atoms with Gasteiger partial charge in [0.05, 0.1) is 9.95 Å². The lowest BCUT2D eigenvalue weighted by Gasteiger charge is -2.15. The van der Waals surface area contributed by atoms with Crippen molar-refractivity contribution in [3.05, 3.63) is 33.3 Å². The molecule has 1 unspecified atom stereocenters. The Balaban J connectivity index is 2.85. The summed E-state index contributed by atoms with van der Waals surface area (Å²) in [5.41, 5.74) is 0.448. The smallest absolute Gasteiger partial charge is 0.293 e. The number of halogens is 1. The monoisotopic (exact) mass is 256 g/mol. The molecule has 0 aliphatic carbocycles. The Hall–Kier alpha value is -1.29. The van der Waals surface area contributed by atoms with Gasteiger partial charge in [-0.15, -0.1) is 0 Å². The highest BCUT2D eigenvalue weighted by atomic mass is 35.5. The van der Waals surface area contributed by atoms with Crippen molar-refractivity contribution in [1.29, 1.82) is 0 Å². The SMILES string of the molecule is CCCCC(C)Nc1c(Cl)cccc1[N+](=O)[O-]. The molecule has 1 N–H and O–H groups in total. The van der Waals surface area contributed by atoms with Crippen molar-refractivity contribution in [3.8, 4) is 0 Å². The van der Waals surface area contributed by atoms with Crippen LogP contribution >= 0.6 is 11.6 Å². The molecule has 0 bridgehead atoms. The summed E-state index contributed by atoms with van der Waals surface area (Å²) in [6, 6.07) is 4.88. The number of benzene rings is 1. The lowest BCUT2D eigenvalue weighted by Crippen LogP contribution is -2.16. The highest BCUT2D eigenvalue weighted by molar-refractivity contribution is 6.33. The van der Waals surface area contributed by atoms with Gasteiger partial charge in [-0.3, -0.25) is 10.1 Å². The molecule has 0 fully saturated rings. The zero-order chi connectivity index (χ0) is 12.8. The molecule has 0 aliphatic rings. The van der Waals surface area contributed by atoms with Gasteiger partial charge < -0.3 is 5.32 Å². The van der Waals surface area contributed by atoms with Gasteiger partial charge in [0, 0.05) is 12.1 Å². The third kappa shape index (κ3) is 3.89. The first-order valence-electron chi connectivity index (χ1n) is 5.75. The molecule has 4 nitrogen and oxygen atoms in total. The van der Waals surface area contributed by atoms with Crippen molar-refractivity contribution in [2.24, 2.45) is 0 Å². The highest BCUT2D eigenvalue weighted by Crippen LogP contribution is 2.32. The van der Waals surface area contributed by atoms with E-state index in [1.54, 1.807) is 12.1 Å². The van der Waals surface area contributed by atoms with E-state index in [0.717, 1.165) is 19.3 Å². The summed E-state index contributed by atoms with van der Waals surface area (Å²) in [5, 5.41) is 14.4. The minimum absolute atomic E-state index is 0.0286. The molecule has 0 aliphatic heterocycles. The fraction of sp³-hybridized carbons (Fsp3) is 0.500. The van der Waals surface area contributed by atoms with Crippen molar-refractivity contribution in [2.75, 3.05) is 5.32 Å². The number of hydrogen-bond donors (Lipinski definition) is 1. The Labute approximate surface area is 106 Å². The number of rotatable bonds is 6. The summed E-state index contributed by atoms with van der Waals surface area (Å²) in [4.78, 5) is 10.5. The Morgan fingerprint density at radius 1 is 1.53 bits per heavy atom. The molecule has 17 heavy (non-hydrogen) atoms. The Kier molecular flexibility index (Phi) is 5.22. The number of nitro benzene ring substituents is 1. The predicted molar refractivity (Wildman–Crippen MR) is 70.7 cm³/mol. The number of nitro groups is 1. The maximum atomic E-state index is 10.9. The fourth-order valence-corrected chi connectivity index (χ4v) is 1.86. The molecule has 5 heteroatoms. The molecule has 1 aromatic carbocycles. The van der Waals surface area contributed by atoms with Crippen LogP contribution in [-0.2, 0) is 0 Å². The van der Waals surface area contributed by atoms with Crippen LogP contribution < -0.4 is 5.32 Å². The van der Waals surface area contributed by atoms with Gasteiger partial charge in [0.1, 0.15) is 5.69 Å². The second-order valence-corrected chi connectivity index (χ2v) is 4.49. The van der Waals surface area contributed by atoms with E-state index in [-0.39, 0.29) is 11.7 Å². The van der Waals surface area contributed by atoms with Crippen LogP contribution in [0.4, 0.5) is 11.4 Å². The summed E-state index contributed by atoms with van der Waals surface area (Å²) in [7, 11) is 0. The summed E-state index contributed by atoms with van der Waals surface area (Å²) in [5.74, 6) is 0. The van der Waals surface area contributed by atoms with Crippen LogP contribution in [-0.4, -0.2) is 11.0 Å². The van der Waals surface area contributed by atoms with Gasteiger partial charge in [0.15, 0.2) is 0 Å². The fourth-order valence-electron chi connectivity index (χ4n) is 1.64. The topological polar surface area (TPSA) is 55.2 Å². The average Bonchev–Trinajstić information content (AvgIpc) is 2.28. The average molecular weight is 257 g/mol. The number of para-hydroxylation sites is 1. The Morgan fingerprint density at radius 3 is 2.82 bits per heavy atom. The van der Waals surface area contributed by atoms with E-state index in [1.807, 2.05) is 6.92 Å². The van der Waals surface area contributed by atoms with E-state index in [4.69, 9.17) is 11.6 Å². The van der Waals surface area contributed by atoms with E-state index >= 15 is 0 Å². The van der Waals surface area contributed by atoms with Crippen LogP contribution in [0.1, 0.15) is 33.1 Å². The lowest BCUT2D eigenvalue weighted by atomic mass is 10.1. The highest BCUT2D eigenvalue weighted by Gasteiger charge is 2.17. The van der Waals surface area contributed by atoms with Crippen molar-refractivity contribution in [1.82, 2.24) is 0 Å². The molecular weight excluding hydrogens is 240 g/mol. The Morgan fingerprint density at radius 2 is 2.24 bits per heavy atom. The standard InChI is InChI=1S/C12H17ClN2O2/c1-3-4-6-9(2)14-12-10(13)7-5-8-11(12)15(16)17/h5,7-9,14H,3-4,6H2,1-2H3. The number of hydrogen-bond acceptors (Lipinski definition) is 3. The first kappa shape index (κ1) is 13.8.